The molecule has 1 aromatic carbocycles. The number of benzene rings is 1. The molecule has 0 amide bonds. The van der Waals surface area contributed by atoms with Gasteiger partial charge in [0.15, 0.2) is 0 Å². The highest BCUT2D eigenvalue weighted by molar-refractivity contribution is 9.10. The summed E-state index contributed by atoms with van der Waals surface area (Å²) in [6, 6.07) is 9.16. The molecule has 4 nitrogen and oxygen atoms in total. The summed E-state index contributed by atoms with van der Waals surface area (Å²) >= 11 is 3.40. The minimum Gasteiger partial charge on any atom is -0.506 e. The second-order valence-electron chi connectivity index (χ2n) is 4.12. The van der Waals surface area contributed by atoms with Crippen molar-refractivity contribution in [2.24, 2.45) is 0 Å². The van der Waals surface area contributed by atoms with Crippen molar-refractivity contribution in [3.63, 3.8) is 0 Å². The first-order valence-electron chi connectivity index (χ1n) is 5.83. The number of pyridine rings is 1. The van der Waals surface area contributed by atoms with Crippen LogP contribution in [0.1, 0.15) is 11.4 Å². The van der Waals surface area contributed by atoms with Crippen LogP contribution in [0.3, 0.4) is 0 Å². The molecular weight excluding hydrogens is 308 g/mol. The summed E-state index contributed by atoms with van der Waals surface area (Å²) in [4.78, 5) is 4.29. The van der Waals surface area contributed by atoms with Crippen molar-refractivity contribution in [3.05, 3.63) is 46.2 Å². The molecule has 0 saturated heterocycles. The minimum atomic E-state index is 0.196. The number of anilines is 1. The summed E-state index contributed by atoms with van der Waals surface area (Å²) in [6.07, 6.45) is 0. The summed E-state index contributed by atoms with van der Waals surface area (Å²) < 4.78 is 6.13. The molecule has 2 rings (SSSR count). The standard InChI is InChI=1S/C14H15BrN2O2/c1-9-3-6-13(18)12(17-9)8-16-10-4-5-11(15)14(7-10)19-2/h3-7,16,18H,8H2,1-2H3. The average molecular weight is 323 g/mol. The molecule has 5 heteroatoms. The van der Waals surface area contributed by atoms with Gasteiger partial charge < -0.3 is 15.2 Å². The van der Waals surface area contributed by atoms with E-state index < -0.39 is 0 Å². The number of halogens is 1. The molecule has 19 heavy (non-hydrogen) atoms. The molecule has 0 spiro atoms. The zero-order chi connectivity index (χ0) is 13.8. The summed E-state index contributed by atoms with van der Waals surface area (Å²) in [5, 5.41) is 12.9. The lowest BCUT2D eigenvalue weighted by molar-refractivity contribution is 0.412. The fourth-order valence-electron chi connectivity index (χ4n) is 1.69. The van der Waals surface area contributed by atoms with Gasteiger partial charge in [0.2, 0.25) is 0 Å². The Morgan fingerprint density at radius 2 is 2.11 bits per heavy atom. The molecule has 0 aliphatic rings. The van der Waals surface area contributed by atoms with Gasteiger partial charge in [0.25, 0.3) is 0 Å². The second-order valence-corrected chi connectivity index (χ2v) is 4.98. The van der Waals surface area contributed by atoms with Crippen LogP contribution in [0.2, 0.25) is 0 Å². The van der Waals surface area contributed by atoms with E-state index in [1.807, 2.05) is 25.1 Å². The molecule has 2 aromatic rings. The fraction of sp³-hybridized carbons (Fsp3) is 0.214. The number of nitrogens with one attached hydrogen (secondary N) is 1. The maximum Gasteiger partial charge on any atom is 0.138 e. The molecule has 0 unspecified atom stereocenters. The first-order valence-corrected chi connectivity index (χ1v) is 6.62. The lowest BCUT2D eigenvalue weighted by Crippen LogP contribution is -2.03. The highest BCUT2D eigenvalue weighted by atomic mass is 79.9. The van der Waals surface area contributed by atoms with E-state index in [-0.39, 0.29) is 5.75 Å². The first kappa shape index (κ1) is 13.7. The Labute approximate surface area is 120 Å². The molecule has 0 aliphatic carbocycles. The molecule has 1 aromatic heterocycles. The van der Waals surface area contributed by atoms with Crippen LogP contribution in [0.4, 0.5) is 5.69 Å². The van der Waals surface area contributed by atoms with Crippen molar-refractivity contribution in [2.75, 3.05) is 12.4 Å². The predicted octanol–water partition coefficient (Wildman–Crippen LogP) is 3.48. The van der Waals surface area contributed by atoms with Crippen LogP contribution in [0.25, 0.3) is 0 Å². The van der Waals surface area contributed by atoms with E-state index in [9.17, 15) is 5.11 Å². The summed E-state index contributed by atoms with van der Waals surface area (Å²) in [5.41, 5.74) is 2.41. The van der Waals surface area contributed by atoms with E-state index in [4.69, 9.17) is 4.74 Å². The quantitative estimate of drug-likeness (QED) is 0.904. The van der Waals surface area contributed by atoms with E-state index >= 15 is 0 Å². The maximum absolute atomic E-state index is 9.72. The Morgan fingerprint density at radius 3 is 2.84 bits per heavy atom. The monoisotopic (exact) mass is 322 g/mol. The van der Waals surface area contributed by atoms with Crippen molar-refractivity contribution in [3.8, 4) is 11.5 Å². The van der Waals surface area contributed by atoms with Crippen LogP contribution in [0, 0.1) is 6.92 Å². The van der Waals surface area contributed by atoms with Gasteiger partial charge in [-0.1, -0.05) is 0 Å². The van der Waals surface area contributed by atoms with Crippen molar-refractivity contribution >= 4 is 21.6 Å². The number of nitrogens with zero attached hydrogens (tertiary/aromatic N) is 1. The zero-order valence-electron chi connectivity index (χ0n) is 10.8. The zero-order valence-corrected chi connectivity index (χ0v) is 12.4. The van der Waals surface area contributed by atoms with Crippen LogP contribution in [0.5, 0.6) is 11.5 Å². The molecule has 2 N–H and O–H groups in total. The van der Waals surface area contributed by atoms with Crippen LogP contribution in [0.15, 0.2) is 34.8 Å². The van der Waals surface area contributed by atoms with Crippen molar-refractivity contribution in [1.82, 2.24) is 4.98 Å². The molecule has 100 valence electrons. The van der Waals surface area contributed by atoms with Gasteiger partial charge in [0.1, 0.15) is 17.2 Å². The topological polar surface area (TPSA) is 54.4 Å². The number of methoxy groups -OCH3 is 1. The van der Waals surface area contributed by atoms with Gasteiger partial charge in [-0.15, -0.1) is 0 Å². The second kappa shape index (κ2) is 5.93. The highest BCUT2D eigenvalue weighted by Gasteiger charge is 2.05. The molecule has 0 aliphatic heterocycles. The number of aryl methyl sites for hydroxylation is 1. The lowest BCUT2D eigenvalue weighted by atomic mass is 10.2. The molecule has 1 heterocycles. The SMILES string of the molecule is COc1cc(NCc2nc(C)ccc2O)ccc1Br. The number of hydrogen-bond donors (Lipinski definition) is 2. The Hall–Kier alpha value is -1.75. The van der Waals surface area contributed by atoms with Gasteiger partial charge in [0.05, 0.1) is 18.1 Å². The van der Waals surface area contributed by atoms with E-state index in [2.05, 4.69) is 26.2 Å². The van der Waals surface area contributed by atoms with Crippen molar-refractivity contribution in [1.29, 1.82) is 0 Å². The summed E-state index contributed by atoms with van der Waals surface area (Å²) in [7, 11) is 1.62. The molecule has 0 fully saturated rings. The molecule has 0 saturated carbocycles. The predicted molar refractivity (Wildman–Crippen MR) is 78.7 cm³/mol. The Balaban J connectivity index is 2.12. The average Bonchev–Trinajstić information content (AvgIpc) is 2.41. The third-order valence-electron chi connectivity index (χ3n) is 2.70. The molecular formula is C14H15BrN2O2. The third-order valence-corrected chi connectivity index (χ3v) is 3.36. The minimum absolute atomic E-state index is 0.196. The first-order chi connectivity index (χ1) is 9.10. The third kappa shape index (κ3) is 3.38. The lowest BCUT2D eigenvalue weighted by Gasteiger charge is -2.10. The highest BCUT2D eigenvalue weighted by Crippen LogP contribution is 2.28. The van der Waals surface area contributed by atoms with E-state index in [1.54, 1.807) is 19.2 Å². The molecule has 0 atom stereocenters. The van der Waals surface area contributed by atoms with E-state index in [0.29, 0.717) is 12.2 Å². The number of ether oxygens (including phenoxy) is 1. The molecule has 0 radical (unpaired) electrons. The van der Waals surface area contributed by atoms with Crippen LogP contribution < -0.4 is 10.1 Å². The maximum atomic E-state index is 9.72. The van der Waals surface area contributed by atoms with Crippen LogP contribution >= 0.6 is 15.9 Å². The number of hydrogen-bond acceptors (Lipinski definition) is 4. The van der Waals surface area contributed by atoms with Crippen LogP contribution in [-0.2, 0) is 6.54 Å². The normalized spacial score (nSPS) is 10.3. The largest absolute Gasteiger partial charge is 0.506 e. The van der Waals surface area contributed by atoms with Crippen LogP contribution in [-0.4, -0.2) is 17.2 Å². The molecule has 0 bridgehead atoms. The van der Waals surface area contributed by atoms with Crippen molar-refractivity contribution < 1.29 is 9.84 Å². The van der Waals surface area contributed by atoms with Gasteiger partial charge >= 0.3 is 0 Å². The fourth-order valence-corrected chi connectivity index (χ4v) is 2.10. The Kier molecular flexibility index (Phi) is 4.27. The number of aromatic nitrogens is 1. The van der Waals surface area contributed by atoms with Gasteiger partial charge in [0, 0.05) is 17.4 Å². The van der Waals surface area contributed by atoms with Gasteiger partial charge in [-0.05, 0) is 47.1 Å². The van der Waals surface area contributed by atoms with E-state index in [0.717, 1.165) is 21.6 Å². The van der Waals surface area contributed by atoms with Crippen molar-refractivity contribution in [2.45, 2.75) is 13.5 Å². The van der Waals surface area contributed by atoms with Gasteiger partial charge in [-0.25, -0.2) is 0 Å². The number of aromatic hydroxyl groups is 1. The smallest absolute Gasteiger partial charge is 0.138 e. The number of rotatable bonds is 4. The van der Waals surface area contributed by atoms with Gasteiger partial charge in [-0.3, -0.25) is 4.98 Å². The van der Waals surface area contributed by atoms with E-state index in [1.165, 1.54) is 0 Å². The summed E-state index contributed by atoms with van der Waals surface area (Å²) in [5.74, 6) is 0.952. The summed E-state index contributed by atoms with van der Waals surface area (Å²) in [6.45, 7) is 2.35. The van der Waals surface area contributed by atoms with Gasteiger partial charge in [-0.2, -0.15) is 0 Å². The Morgan fingerprint density at radius 1 is 1.32 bits per heavy atom. The Bertz CT molecular complexity index is 588.